The minimum Gasteiger partial charge on any atom is -0.309 e. The molecule has 24 heavy (non-hydrogen) atoms. The summed E-state index contributed by atoms with van der Waals surface area (Å²) in [4.78, 5) is 20.8. The second kappa shape index (κ2) is 5.96. The molecule has 3 heterocycles. The van der Waals surface area contributed by atoms with Crippen LogP contribution in [0.2, 0.25) is 0 Å². The number of hydrogen-bond donors (Lipinski definition) is 1. The molecule has 4 rings (SSSR count). The van der Waals surface area contributed by atoms with Crippen molar-refractivity contribution < 1.29 is 4.39 Å². The van der Waals surface area contributed by atoms with E-state index in [-0.39, 0.29) is 11.6 Å². The molecule has 0 saturated carbocycles. The molecule has 0 aliphatic rings. The van der Waals surface area contributed by atoms with E-state index in [9.17, 15) is 4.39 Å². The Balaban J connectivity index is 1.74. The van der Waals surface area contributed by atoms with Gasteiger partial charge in [-0.05, 0) is 24.3 Å². The van der Waals surface area contributed by atoms with Crippen LogP contribution in [0.5, 0.6) is 0 Å². The lowest BCUT2D eigenvalue weighted by molar-refractivity contribution is 0.619. The number of rotatable bonds is 3. The molecule has 0 unspecified atom stereocenters. The van der Waals surface area contributed by atoms with Gasteiger partial charge >= 0.3 is 0 Å². The number of pyridine rings is 1. The van der Waals surface area contributed by atoms with Crippen molar-refractivity contribution in [2.75, 3.05) is 5.32 Å². The first-order valence-corrected chi connectivity index (χ1v) is 7.21. The zero-order chi connectivity index (χ0) is 16.4. The van der Waals surface area contributed by atoms with Gasteiger partial charge in [-0.3, -0.25) is 9.97 Å². The van der Waals surface area contributed by atoms with Gasteiger partial charge in [-0.2, -0.15) is 0 Å². The third-order valence-electron chi connectivity index (χ3n) is 3.39. The molecule has 3 aromatic heterocycles. The van der Waals surface area contributed by atoms with Crippen LogP contribution in [-0.4, -0.2) is 24.9 Å². The molecule has 0 aliphatic carbocycles. The first kappa shape index (κ1) is 14.1. The predicted molar refractivity (Wildman–Crippen MR) is 88.0 cm³/mol. The SMILES string of the molecule is Fc1cnc(Nc2ccccn2)nc1-c1ccc2nccnc2c1. The fourth-order valence-electron chi connectivity index (χ4n) is 2.29. The van der Waals surface area contributed by atoms with Crippen molar-refractivity contribution in [3.63, 3.8) is 0 Å². The lowest BCUT2D eigenvalue weighted by atomic mass is 10.1. The van der Waals surface area contributed by atoms with Crippen LogP contribution in [0.3, 0.4) is 0 Å². The molecule has 116 valence electrons. The highest BCUT2D eigenvalue weighted by Crippen LogP contribution is 2.24. The lowest BCUT2D eigenvalue weighted by Crippen LogP contribution is -2.01. The molecule has 0 amide bonds. The Morgan fingerprint density at radius 1 is 0.833 bits per heavy atom. The van der Waals surface area contributed by atoms with Crippen LogP contribution in [0, 0.1) is 5.82 Å². The maximum absolute atomic E-state index is 14.2. The van der Waals surface area contributed by atoms with E-state index in [4.69, 9.17) is 0 Å². The summed E-state index contributed by atoms with van der Waals surface area (Å²) < 4.78 is 14.2. The van der Waals surface area contributed by atoms with E-state index in [1.807, 2.05) is 6.07 Å². The van der Waals surface area contributed by atoms with Crippen LogP contribution in [0.1, 0.15) is 0 Å². The molecule has 0 atom stereocenters. The molecule has 0 radical (unpaired) electrons. The maximum Gasteiger partial charge on any atom is 0.229 e. The minimum absolute atomic E-state index is 0.191. The van der Waals surface area contributed by atoms with Crippen LogP contribution in [0.4, 0.5) is 16.2 Å². The Bertz CT molecular complexity index is 1010. The fraction of sp³-hybridized carbons (Fsp3) is 0. The van der Waals surface area contributed by atoms with E-state index < -0.39 is 5.82 Å². The Morgan fingerprint density at radius 2 is 1.71 bits per heavy atom. The van der Waals surface area contributed by atoms with Gasteiger partial charge in [0.25, 0.3) is 0 Å². The number of nitrogens with zero attached hydrogens (tertiary/aromatic N) is 5. The Kier molecular flexibility index (Phi) is 3.51. The largest absolute Gasteiger partial charge is 0.309 e. The van der Waals surface area contributed by atoms with Gasteiger partial charge in [-0.15, -0.1) is 0 Å². The van der Waals surface area contributed by atoms with Crippen molar-refractivity contribution in [3.8, 4) is 11.3 Å². The second-order valence-corrected chi connectivity index (χ2v) is 4.99. The number of benzene rings is 1. The van der Waals surface area contributed by atoms with Crippen molar-refractivity contribution in [2.24, 2.45) is 0 Å². The lowest BCUT2D eigenvalue weighted by Gasteiger charge is -2.07. The zero-order valence-corrected chi connectivity index (χ0v) is 12.4. The summed E-state index contributed by atoms with van der Waals surface area (Å²) in [5.41, 5.74) is 2.21. The van der Waals surface area contributed by atoms with E-state index in [1.54, 1.807) is 48.9 Å². The van der Waals surface area contributed by atoms with Gasteiger partial charge in [0.05, 0.1) is 17.2 Å². The van der Waals surface area contributed by atoms with Gasteiger partial charge < -0.3 is 5.32 Å². The molecule has 7 heteroatoms. The molecule has 6 nitrogen and oxygen atoms in total. The number of halogens is 1. The summed E-state index contributed by atoms with van der Waals surface area (Å²) in [5.74, 6) is 0.341. The first-order valence-electron chi connectivity index (χ1n) is 7.21. The molecule has 0 spiro atoms. The average molecular weight is 318 g/mol. The standard InChI is InChI=1S/C17H11FN6/c18-12-10-22-17(23-15-3-1-2-6-21-15)24-16(12)11-4-5-13-14(9-11)20-8-7-19-13/h1-10H,(H,21,22,23,24). The number of hydrogen-bond acceptors (Lipinski definition) is 6. The fourth-order valence-corrected chi connectivity index (χ4v) is 2.29. The van der Waals surface area contributed by atoms with Gasteiger partial charge in [0, 0.05) is 24.2 Å². The van der Waals surface area contributed by atoms with Crippen LogP contribution >= 0.6 is 0 Å². The highest BCUT2D eigenvalue weighted by atomic mass is 19.1. The van der Waals surface area contributed by atoms with Gasteiger partial charge in [-0.1, -0.05) is 12.1 Å². The van der Waals surface area contributed by atoms with Crippen LogP contribution in [0.25, 0.3) is 22.3 Å². The van der Waals surface area contributed by atoms with Gasteiger partial charge in [-0.25, -0.2) is 19.3 Å². The van der Waals surface area contributed by atoms with Crippen molar-refractivity contribution >= 4 is 22.8 Å². The first-order chi connectivity index (χ1) is 11.8. The van der Waals surface area contributed by atoms with Crippen LogP contribution in [0.15, 0.2) is 61.2 Å². The van der Waals surface area contributed by atoms with E-state index in [1.165, 1.54) is 0 Å². The molecule has 0 bridgehead atoms. The van der Waals surface area contributed by atoms with Gasteiger partial charge in [0.2, 0.25) is 5.95 Å². The topological polar surface area (TPSA) is 76.5 Å². The summed E-state index contributed by atoms with van der Waals surface area (Å²) in [6, 6.07) is 10.7. The summed E-state index contributed by atoms with van der Waals surface area (Å²) >= 11 is 0. The highest BCUT2D eigenvalue weighted by Gasteiger charge is 2.11. The van der Waals surface area contributed by atoms with Crippen molar-refractivity contribution in [3.05, 3.63) is 67.0 Å². The van der Waals surface area contributed by atoms with Crippen molar-refractivity contribution in [1.82, 2.24) is 24.9 Å². The quantitative estimate of drug-likeness (QED) is 0.624. The number of nitrogens with one attached hydrogen (secondary N) is 1. The summed E-state index contributed by atoms with van der Waals surface area (Å²) in [6.07, 6.45) is 5.99. The van der Waals surface area contributed by atoms with E-state index >= 15 is 0 Å². The number of aromatic nitrogens is 5. The van der Waals surface area contributed by atoms with E-state index in [2.05, 4.69) is 30.2 Å². The van der Waals surface area contributed by atoms with Gasteiger partial charge in [0.1, 0.15) is 11.5 Å². The smallest absolute Gasteiger partial charge is 0.229 e. The third kappa shape index (κ3) is 2.74. The Hall–Kier alpha value is -3.48. The monoisotopic (exact) mass is 318 g/mol. The maximum atomic E-state index is 14.2. The molecular formula is C17H11FN6. The van der Waals surface area contributed by atoms with E-state index in [0.29, 0.717) is 16.9 Å². The second-order valence-electron chi connectivity index (χ2n) is 4.99. The van der Waals surface area contributed by atoms with Crippen LogP contribution in [-0.2, 0) is 0 Å². The van der Waals surface area contributed by atoms with E-state index in [0.717, 1.165) is 11.7 Å². The molecule has 4 aromatic rings. The number of anilines is 2. The Morgan fingerprint density at radius 3 is 2.54 bits per heavy atom. The Labute approximate surface area is 136 Å². The third-order valence-corrected chi connectivity index (χ3v) is 3.39. The summed E-state index contributed by atoms with van der Waals surface area (Å²) in [5, 5.41) is 2.95. The van der Waals surface area contributed by atoms with Crippen LogP contribution < -0.4 is 5.32 Å². The summed E-state index contributed by atoms with van der Waals surface area (Å²) in [7, 11) is 0. The molecule has 0 aliphatic heterocycles. The average Bonchev–Trinajstić information content (AvgIpc) is 2.64. The highest BCUT2D eigenvalue weighted by molar-refractivity contribution is 5.80. The molecule has 0 fully saturated rings. The van der Waals surface area contributed by atoms with Gasteiger partial charge in [0.15, 0.2) is 5.82 Å². The molecule has 1 N–H and O–H groups in total. The van der Waals surface area contributed by atoms with Crippen molar-refractivity contribution in [2.45, 2.75) is 0 Å². The minimum atomic E-state index is -0.509. The number of fused-ring (bicyclic) bond motifs is 1. The molecule has 0 saturated heterocycles. The predicted octanol–water partition coefficient (Wildman–Crippen LogP) is 3.36. The summed E-state index contributed by atoms with van der Waals surface area (Å²) in [6.45, 7) is 0. The van der Waals surface area contributed by atoms with Crippen molar-refractivity contribution in [1.29, 1.82) is 0 Å². The molecular weight excluding hydrogens is 307 g/mol. The zero-order valence-electron chi connectivity index (χ0n) is 12.4. The molecule has 1 aromatic carbocycles. The normalized spacial score (nSPS) is 10.7.